The van der Waals surface area contributed by atoms with Gasteiger partial charge in [-0.1, -0.05) is 0 Å². The first kappa shape index (κ1) is 11.5. The third kappa shape index (κ3) is 1.75. The molecule has 0 saturated carbocycles. The summed E-state index contributed by atoms with van der Waals surface area (Å²) >= 11 is 0. The Morgan fingerprint density at radius 2 is 1.24 bits per heavy atom. The van der Waals surface area contributed by atoms with E-state index in [4.69, 9.17) is 0 Å². The van der Waals surface area contributed by atoms with Crippen LogP contribution < -0.4 is 0 Å². The van der Waals surface area contributed by atoms with E-state index in [-0.39, 0.29) is 11.8 Å². The highest BCUT2D eigenvalue weighted by atomic mass is 16.3. The van der Waals surface area contributed by atoms with E-state index >= 15 is 0 Å². The Morgan fingerprint density at radius 1 is 0.882 bits per heavy atom. The average molecular weight is 236 g/mol. The van der Waals surface area contributed by atoms with Crippen LogP contribution in [0.4, 0.5) is 0 Å². The lowest BCUT2D eigenvalue weighted by molar-refractivity contribution is 0.410. The Kier molecular flexibility index (Phi) is 2.57. The minimum atomic E-state index is 0.130. The second-order valence-electron chi connectivity index (χ2n) is 4.20. The van der Waals surface area contributed by atoms with Crippen molar-refractivity contribution in [2.75, 3.05) is 0 Å². The maximum Gasteiger partial charge on any atom is 0.212 e. The summed E-state index contributed by atoms with van der Waals surface area (Å²) in [6, 6.07) is 0. The van der Waals surface area contributed by atoms with Gasteiger partial charge in [0.15, 0.2) is 0 Å². The quantitative estimate of drug-likeness (QED) is 0.807. The number of nitrogens with zero attached hydrogens (tertiary/aromatic N) is 4. The van der Waals surface area contributed by atoms with Gasteiger partial charge in [0, 0.05) is 31.6 Å². The molecule has 2 N–H and O–H groups in total. The van der Waals surface area contributed by atoms with Crippen molar-refractivity contribution in [1.82, 2.24) is 19.6 Å². The van der Waals surface area contributed by atoms with Gasteiger partial charge in [0.05, 0.1) is 11.4 Å². The van der Waals surface area contributed by atoms with Crippen molar-refractivity contribution in [3.8, 4) is 11.8 Å². The van der Waals surface area contributed by atoms with Crippen LogP contribution in [0.5, 0.6) is 11.8 Å². The van der Waals surface area contributed by atoms with Crippen LogP contribution in [0.1, 0.15) is 22.5 Å². The van der Waals surface area contributed by atoms with Gasteiger partial charge in [-0.2, -0.15) is 10.2 Å². The Hall–Kier alpha value is -1.98. The van der Waals surface area contributed by atoms with Crippen molar-refractivity contribution in [2.45, 2.75) is 20.3 Å². The summed E-state index contributed by atoms with van der Waals surface area (Å²) < 4.78 is 2.85. The monoisotopic (exact) mass is 236 g/mol. The van der Waals surface area contributed by atoms with Gasteiger partial charge in [-0.25, -0.2) is 9.36 Å². The molecule has 2 heterocycles. The third-order valence-electron chi connectivity index (χ3n) is 2.98. The van der Waals surface area contributed by atoms with E-state index < -0.39 is 0 Å². The predicted octanol–water partition coefficient (Wildman–Crippen LogP) is 0.772. The zero-order valence-electron chi connectivity index (χ0n) is 10.4. The zero-order chi connectivity index (χ0) is 12.7. The molecule has 0 amide bonds. The van der Waals surface area contributed by atoms with Gasteiger partial charge in [0.1, 0.15) is 0 Å². The Bertz CT molecular complexity index is 518. The molecule has 0 aromatic carbocycles. The number of aryl methyl sites for hydroxylation is 4. The van der Waals surface area contributed by atoms with Gasteiger partial charge in [-0.15, -0.1) is 0 Å². The highest BCUT2D eigenvalue weighted by molar-refractivity contribution is 5.40. The van der Waals surface area contributed by atoms with E-state index in [1.165, 1.54) is 9.36 Å². The van der Waals surface area contributed by atoms with Crippen LogP contribution in [-0.2, 0) is 20.5 Å². The van der Waals surface area contributed by atoms with Gasteiger partial charge in [0.25, 0.3) is 0 Å². The number of hydrogen-bond donors (Lipinski definition) is 2. The highest BCUT2D eigenvalue weighted by Gasteiger charge is 2.18. The molecule has 0 aliphatic rings. The Morgan fingerprint density at radius 3 is 1.47 bits per heavy atom. The largest absolute Gasteiger partial charge is 0.493 e. The molecule has 0 atom stereocenters. The van der Waals surface area contributed by atoms with Crippen LogP contribution in [0.15, 0.2) is 0 Å². The molecule has 6 nitrogen and oxygen atoms in total. The average Bonchev–Trinajstić information content (AvgIpc) is 2.62. The molecule has 0 saturated heterocycles. The van der Waals surface area contributed by atoms with Crippen molar-refractivity contribution in [1.29, 1.82) is 0 Å². The molecule has 0 bridgehead atoms. The van der Waals surface area contributed by atoms with E-state index in [1.807, 2.05) is 13.8 Å². The molecule has 2 aromatic rings. The van der Waals surface area contributed by atoms with Crippen molar-refractivity contribution in [2.24, 2.45) is 14.1 Å². The van der Waals surface area contributed by atoms with Gasteiger partial charge < -0.3 is 10.2 Å². The molecule has 0 spiro atoms. The molecule has 0 unspecified atom stereocenters. The van der Waals surface area contributed by atoms with E-state index in [1.54, 1.807) is 14.1 Å². The first-order valence-corrected chi connectivity index (χ1v) is 5.34. The molecule has 0 aliphatic heterocycles. The van der Waals surface area contributed by atoms with Gasteiger partial charge in [0.2, 0.25) is 11.8 Å². The molecule has 17 heavy (non-hydrogen) atoms. The van der Waals surface area contributed by atoms with E-state index in [9.17, 15) is 10.2 Å². The molecule has 0 aliphatic carbocycles. The summed E-state index contributed by atoms with van der Waals surface area (Å²) in [5, 5.41) is 28.0. The normalized spacial score (nSPS) is 11.1. The molecular weight excluding hydrogens is 220 g/mol. The highest BCUT2D eigenvalue weighted by Crippen LogP contribution is 2.28. The van der Waals surface area contributed by atoms with Crippen molar-refractivity contribution >= 4 is 0 Å². The molecule has 0 fully saturated rings. The predicted molar refractivity (Wildman–Crippen MR) is 62.0 cm³/mol. The van der Waals surface area contributed by atoms with Crippen LogP contribution >= 0.6 is 0 Å². The lowest BCUT2D eigenvalue weighted by Crippen LogP contribution is -1.92. The second-order valence-corrected chi connectivity index (χ2v) is 4.20. The number of aromatic hydroxyl groups is 2. The Balaban J connectivity index is 2.44. The van der Waals surface area contributed by atoms with E-state index in [0.717, 1.165) is 22.5 Å². The number of rotatable bonds is 2. The topological polar surface area (TPSA) is 76.1 Å². The maximum atomic E-state index is 9.86. The van der Waals surface area contributed by atoms with Gasteiger partial charge >= 0.3 is 0 Å². The molecule has 92 valence electrons. The summed E-state index contributed by atoms with van der Waals surface area (Å²) in [5.74, 6) is 0.260. The number of aromatic nitrogens is 4. The summed E-state index contributed by atoms with van der Waals surface area (Å²) in [4.78, 5) is 0. The summed E-state index contributed by atoms with van der Waals surface area (Å²) in [6.45, 7) is 3.66. The second kappa shape index (κ2) is 3.80. The van der Waals surface area contributed by atoms with Crippen LogP contribution in [0.25, 0.3) is 0 Å². The minimum Gasteiger partial charge on any atom is -0.493 e. The lowest BCUT2D eigenvalue weighted by Gasteiger charge is -2.01. The van der Waals surface area contributed by atoms with Crippen molar-refractivity contribution < 1.29 is 10.2 Å². The zero-order valence-corrected chi connectivity index (χ0v) is 10.4. The summed E-state index contributed by atoms with van der Waals surface area (Å²) in [6.07, 6.45) is 0.428. The number of hydrogen-bond acceptors (Lipinski definition) is 4. The van der Waals surface area contributed by atoms with E-state index in [2.05, 4.69) is 10.2 Å². The van der Waals surface area contributed by atoms with Gasteiger partial charge in [-0.05, 0) is 13.8 Å². The van der Waals surface area contributed by atoms with E-state index in [0.29, 0.717) is 6.42 Å². The standard InChI is InChI=1S/C11H16N4O2/c1-6-8(10(16)14(3)12-6)5-9-7(2)13-15(4)11(9)17/h16-17H,5H2,1-4H3. The molecule has 0 radical (unpaired) electrons. The molecular formula is C11H16N4O2. The summed E-state index contributed by atoms with van der Waals surface area (Å²) in [5.41, 5.74) is 2.96. The fourth-order valence-corrected chi connectivity index (χ4v) is 1.97. The van der Waals surface area contributed by atoms with Gasteiger partial charge in [-0.3, -0.25) is 0 Å². The van der Waals surface area contributed by atoms with Crippen molar-refractivity contribution in [3.63, 3.8) is 0 Å². The lowest BCUT2D eigenvalue weighted by atomic mass is 10.1. The maximum absolute atomic E-state index is 9.86. The van der Waals surface area contributed by atoms with Crippen LogP contribution in [-0.4, -0.2) is 29.8 Å². The Labute approximate surface area is 99.1 Å². The molecule has 2 aromatic heterocycles. The van der Waals surface area contributed by atoms with Crippen molar-refractivity contribution in [3.05, 3.63) is 22.5 Å². The smallest absolute Gasteiger partial charge is 0.212 e. The fourth-order valence-electron chi connectivity index (χ4n) is 1.97. The van der Waals surface area contributed by atoms with Crippen LogP contribution in [0, 0.1) is 13.8 Å². The van der Waals surface area contributed by atoms with Crippen LogP contribution in [0.2, 0.25) is 0 Å². The first-order valence-electron chi connectivity index (χ1n) is 5.34. The SMILES string of the molecule is Cc1nn(C)c(O)c1Cc1c(C)nn(C)c1O. The van der Waals surface area contributed by atoms with Crippen LogP contribution in [0.3, 0.4) is 0 Å². The minimum absolute atomic E-state index is 0.130. The summed E-state index contributed by atoms with van der Waals surface area (Å²) in [7, 11) is 3.36. The fraction of sp³-hybridized carbons (Fsp3) is 0.455. The first-order chi connectivity index (χ1) is 7.91. The molecule has 6 heteroatoms. The third-order valence-corrected chi connectivity index (χ3v) is 2.98. The molecule has 2 rings (SSSR count).